The summed E-state index contributed by atoms with van der Waals surface area (Å²) in [5.41, 5.74) is 3.27. The van der Waals surface area contributed by atoms with Crippen molar-refractivity contribution in [2.75, 3.05) is 12.4 Å². The van der Waals surface area contributed by atoms with Crippen LogP contribution >= 0.6 is 0 Å². The molecule has 3 aromatic carbocycles. The van der Waals surface area contributed by atoms with Gasteiger partial charge in [-0.05, 0) is 55.7 Å². The van der Waals surface area contributed by atoms with Crippen LogP contribution in [0.3, 0.4) is 0 Å². The summed E-state index contributed by atoms with van der Waals surface area (Å²) in [6.45, 7) is 3.75. The Morgan fingerprint density at radius 3 is 2.23 bits per heavy atom. The number of aryl methyl sites for hydroxylation is 2. The number of carbonyl (C=O) groups excluding carboxylic acids is 1. The van der Waals surface area contributed by atoms with Gasteiger partial charge in [0.1, 0.15) is 16.7 Å². The summed E-state index contributed by atoms with van der Waals surface area (Å²) in [4.78, 5) is 13.1. The third-order valence-electron chi connectivity index (χ3n) is 4.82. The Morgan fingerprint density at radius 1 is 0.935 bits per heavy atom. The van der Waals surface area contributed by atoms with Gasteiger partial charge in [-0.2, -0.15) is 4.72 Å². The summed E-state index contributed by atoms with van der Waals surface area (Å²) in [5, 5.41) is 2.81. The quantitative estimate of drug-likeness (QED) is 0.560. The van der Waals surface area contributed by atoms with E-state index in [1.807, 2.05) is 49.4 Å². The number of hydrogen-bond donors (Lipinski definition) is 2. The largest absolute Gasteiger partial charge is 0.495 e. The molecule has 3 aromatic rings. The molecule has 1 atom stereocenters. The molecule has 0 heterocycles. The number of rotatable bonds is 8. The number of carbonyl (C=O) groups is 1. The zero-order chi connectivity index (χ0) is 22.4. The molecule has 0 fully saturated rings. The summed E-state index contributed by atoms with van der Waals surface area (Å²) in [7, 11) is -2.61. The van der Waals surface area contributed by atoms with Crippen molar-refractivity contribution >= 4 is 21.6 Å². The van der Waals surface area contributed by atoms with Crippen molar-refractivity contribution in [3.8, 4) is 5.75 Å². The molecule has 0 aliphatic carbocycles. The third-order valence-corrected chi connectivity index (χ3v) is 6.32. The van der Waals surface area contributed by atoms with Crippen LogP contribution in [0.4, 0.5) is 5.69 Å². The number of sulfonamides is 1. The lowest BCUT2D eigenvalue weighted by atomic mass is 10.1. The number of hydrogen-bond acceptors (Lipinski definition) is 4. The highest BCUT2D eigenvalue weighted by molar-refractivity contribution is 7.89. The molecule has 6 nitrogen and oxygen atoms in total. The van der Waals surface area contributed by atoms with Crippen LogP contribution in [0, 0.1) is 13.8 Å². The van der Waals surface area contributed by atoms with Crippen LogP contribution in [0.25, 0.3) is 0 Å². The van der Waals surface area contributed by atoms with Crippen molar-refractivity contribution in [2.45, 2.75) is 31.2 Å². The molecule has 7 heteroatoms. The smallest absolute Gasteiger partial charge is 0.245 e. The van der Waals surface area contributed by atoms with E-state index in [1.54, 1.807) is 31.2 Å². The molecular weight excluding hydrogens is 412 g/mol. The second-order valence-corrected chi connectivity index (χ2v) is 9.06. The Hall–Kier alpha value is -3.16. The lowest BCUT2D eigenvalue weighted by Crippen LogP contribution is -2.45. The van der Waals surface area contributed by atoms with Gasteiger partial charge in [0.15, 0.2) is 0 Å². The maximum atomic E-state index is 13.2. The van der Waals surface area contributed by atoms with Gasteiger partial charge < -0.3 is 10.1 Å². The number of anilines is 1. The zero-order valence-corrected chi connectivity index (χ0v) is 18.6. The number of amides is 1. The Balaban J connectivity index is 1.91. The lowest BCUT2D eigenvalue weighted by molar-refractivity contribution is -0.117. The molecule has 31 heavy (non-hydrogen) atoms. The number of nitrogens with one attached hydrogen (secondary N) is 2. The average Bonchev–Trinajstić information content (AvgIpc) is 2.75. The van der Waals surface area contributed by atoms with Gasteiger partial charge in [-0.25, -0.2) is 8.42 Å². The first-order valence-electron chi connectivity index (χ1n) is 9.87. The second-order valence-electron chi connectivity index (χ2n) is 7.37. The Bertz CT molecular complexity index is 1140. The van der Waals surface area contributed by atoms with Crippen LogP contribution in [0.1, 0.15) is 16.7 Å². The summed E-state index contributed by atoms with van der Waals surface area (Å²) in [6.07, 6.45) is 0.200. The summed E-state index contributed by atoms with van der Waals surface area (Å²) in [6, 6.07) is 20.5. The van der Waals surface area contributed by atoms with Crippen molar-refractivity contribution in [3.05, 3.63) is 89.5 Å². The molecule has 0 saturated heterocycles. The molecule has 0 radical (unpaired) electrons. The second kappa shape index (κ2) is 9.76. The van der Waals surface area contributed by atoms with Gasteiger partial charge in [-0.1, -0.05) is 54.1 Å². The minimum Gasteiger partial charge on any atom is -0.495 e. The van der Waals surface area contributed by atoms with E-state index in [-0.39, 0.29) is 17.1 Å². The molecule has 0 spiro atoms. The van der Waals surface area contributed by atoms with E-state index in [9.17, 15) is 13.2 Å². The van der Waals surface area contributed by atoms with Crippen molar-refractivity contribution in [2.24, 2.45) is 0 Å². The van der Waals surface area contributed by atoms with Gasteiger partial charge in [0.2, 0.25) is 15.9 Å². The van der Waals surface area contributed by atoms with Crippen molar-refractivity contribution in [1.82, 2.24) is 4.72 Å². The highest BCUT2D eigenvalue weighted by atomic mass is 32.2. The SMILES string of the molecule is COc1ccc(C)cc1S(=O)(=O)N[C@H](Cc1ccccc1)C(=O)Nc1ccc(C)cc1. The first-order chi connectivity index (χ1) is 14.8. The van der Waals surface area contributed by atoms with Gasteiger partial charge in [-0.3, -0.25) is 4.79 Å². The minimum atomic E-state index is -4.02. The first kappa shape index (κ1) is 22.5. The van der Waals surface area contributed by atoms with Crippen molar-refractivity contribution < 1.29 is 17.9 Å². The fourth-order valence-corrected chi connectivity index (χ4v) is 4.60. The van der Waals surface area contributed by atoms with E-state index in [4.69, 9.17) is 4.74 Å². The maximum absolute atomic E-state index is 13.2. The fraction of sp³-hybridized carbons (Fsp3) is 0.208. The fourth-order valence-electron chi connectivity index (χ4n) is 3.15. The number of benzene rings is 3. The molecule has 1 amide bonds. The number of ether oxygens (including phenoxy) is 1. The van der Waals surface area contributed by atoms with Crippen molar-refractivity contribution in [1.29, 1.82) is 0 Å². The van der Waals surface area contributed by atoms with Crippen molar-refractivity contribution in [3.63, 3.8) is 0 Å². The lowest BCUT2D eigenvalue weighted by Gasteiger charge is -2.20. The van der Waals surface area contributed by atoms with E-state index in [1.165, 1.54) is 13.2 Å². The average molecular weight is 439 g/mol. The summed E-state index contributed by atoms with van der Waals surface area (Å²) >= 11 is 0. The monoisotopic (exact) mass is 438 g/mol. The van der Waals surface area contributed by atoms with Gasteiger partial charge >= 0.3 is 0 Å². The van der Waals surface area contributed by atoms with Crippen LogP contribution in [-0.2, 0) is 21.2 Å². The predicted molar refractivity (Wildman–Crippen MR) is 122 cm³/mol. The molecule has 3 rings (SSSR count). The molecule has 0 aromatic heterocycles. The summed E-state index contributed by atoms with van der Waals surface area (Å²) < 4.78 is 34.2. The normalized spacial score (nSPS) is 12.2. The molecular formula is C24H26N2O4S. The molecule has 0 saturated carbocycles. The van der Waals surface area contributed by atoms with Crippen LogP contribution in [-0.4, -0.2) is 27.5 Å². The van der Waals surface area contributed by atoms with E-state index in [2.05, 4.69) is 10.0 Å². The molecule has 0 aliphatic heterocycles. The maximum Gasteiger partial charge on any atom is 0.245 e. The zero-order valence-electron chi connectivity index (χ0n) is 17.8. The predicted octanol–water partition coefficient (Wildman–Crippen LogP) is 3.84. The Labute approximate surface area is 183 Å². The topological polar surface area (TPSA) is 84.5 Å². The molecule has 162 valence electrons. The minimum absolute atomic E-state index is 0.00352. The van der Waals surface area contributed by atoms with Crippen LogP contribution in [0.5, 0.6) is 5.75 Å². The van der Waals surface area contributed by atoms with Crippen LogP contribution in [0.15, 0.2) is 77.7 Å². The molecule has 0 unspecified atom stereocenters. The van der Waals surface area contributed by atoms with Gasteiger partial charge in [0.25, 0.3) is 0 Å². The van der Waals surface area contributed by atoms with Gasteiger partial charge in [0, 0.05) is 5.69 Å². The van der Waals surface area contributed by atoms with Crippen LogP contribution < -0.4 is 14.8 Å². The molecule has 0 aliphatic rings. The highest BCUT2D eigenvalue weighted by Crippen LogP contribution is 2.25. The standard InChI is InChI=1S/C24H26N2O4S/c1-17-9-12-20(13-10-17)25-24(27)21(16-19-7-5-4-6-8-19)26-31(28,29)23-15-18(2)11-14-22(23)30-3/h4-15,21,26H,16H2,1-3H3,(H,25,27)/t21-/m1/s1. The number of methoxy groups -OCH3 is 1. The molecule has 0 bridgehead atoms. The Kier molecular flexibility index (Phi) is 7.09. The van der Waals surface area contributed by atoms with Crippen LogP contribution in [0.2, 0.25) is 0 Å². The summed E-state index contributed by atoms with van der Waals surface area (Å²) in [5.74, 6) is -0.224. The van der Waals surface area contributed by atoms with E-state index < -0.39 is 22.0 Å². The van der Waals surface area contributed by atoms with E-state index in [0.717, 1.165) is 16.7 Å². The highest BCUT2D eigenvalue weighted by Gasteiger charge is 2.28. The first-order valence-corrected chi connectivity index (χ1v) is 11.4. The van der Waals surface area contributed by atoms with Gasteiger partial charge in [-0.15, -0.1) is 0 Å². The third kappa shape index (κ3) is 5.93. The molecule has 2 N–H and O–H groups in total. The van der Waals surface area contributed by atoms with Gasteiger partial charge in [0.05, 0.1) is 7.11 Å². The van der Waals surface area contributed by atoms with E-state index >= 15 is 0 Å². The van der Waals surface area contributed by atoms with E-state index in [0.29, 0.717) is 5.69 Å². The Morgan fingerprint density at radius 2 is 1.58 bits per heavy atom.